The maximum absolute atomic E-state index is 12.4. The first-order valence-corrected chi connectivity index (χ1v) is 9.46. The summed E-state index contributed by atoms with van der Waals surface area (Å²) in [5.41, 5.74) is 2.92. The Morgan fingerprint density at radius 3 is 2.52 bits per heavy atom. The van der Waals surface area contributed by atoms with E-state index in [1.165, 1.54) is 5.56 Å². The lowest BCUT2D eigenvalue weighted by Gasteiger charge is -2.16. The molecule has 0 radical (unpaired) electrons. The summed E-state index contributed by atoms with van der Waals surface area (Å²) in [6, 6.07) is 13.5. The second-order valence-corrected chi connectivity index (χ2v) is 6.94. The fourth-order valence-electron chi connectivity index (χ4n) is 2.23. The molecule has 1 amide bonds. The van der Waals surface area contributed by atoms with E-state index in [0.717, 1.165) is 21.5 Å². The quantitative estimate of drug-likeness (QED) is 0.764. The molecule has 5 heteroatoms. The summed E-state index contributed by atoms with van der Waals surface area (Å²) in [6.07, 6.45) is 2.06. The van der Waals surface area contributed by atoms with Crippen LogP contribution in [0, 0.1) is 0 Å². The van der Waals surface area contributed by atoms with Crippen LogP contribution in [0.1, 0.15) is 34.5 Å². The van der Waals surface area contributed by atoms with Gasteiger partial charge in [-0.3, -0.25) is 4.79 Å². The number of halogens is 1. The lowest BCUT2D eigenvalue weighted by atomic mass is 10.1. The van der Waals surface area contributed by atoms with Crippen molar-refractivity contribution >= 4 is 33.6 Å². The molecule has 2 aromatic rings. The first kappa shape index (κ1) is 17.9. The number of thioether (sulfide) groups is 1. The molecule has 1 N–H and O–H groups in total. The molecule has 2 aromatic carbocycles. The summed E-state index contributed by atoms with van der Waals surface area (Å²) in [5.74, 6) is 1.66. The molecule has 0 bridgehead atoms. The van der Waals surface area contributed by atoms with Crippen LogP contribution in [-0.4, -0.2) is 19.3 Å². The van der Waals surface area contributed by atoms with Crippen molar-refractivity contribution in [2.75, 3.05) is 13.4 Å². The zero-order valence-corrected chi connectivity index (χ0v) is 15.8. The molecule has 3 nitrogen and oxygen atoms in total. The van der Waals surface area contributed by atoms with E-state index >= 15 is 0 Å². The van der Waals surface area contributed by atoms with Crippen molar-refractivity contribution in [3.8, 4) is 5.75 Å². The second kappa shape index (κ2) is 8.41. The summed E-state index contributed by atoms with van der Waals surface area (Å²) < 4.78 is 6.10. The fraction of sp³-hybridized carbons (Fsp3) is 0.278. The van der Waals surface area contributed by atoms with E-state index in [1.54, 1.807) is 18.9 Å². The normalized spacial score (nSPS) is 11.8. The maximum atomic E-state index is 12.4. The number of methoxy groups -OCH3 is 1. The van der Waals surface area contributed by atoms with Gasteiger partial charge in [0, 0.05) is 11.3 Å². The van der Waals surface area contributed by atoms with E-state index in [4.69, 9.17) is 4.74 Å². The molecular formula is C18H20BrNO2S. The van der Waals surface area contributed by atoms with Gasteiger partial charge in [0.2, 0.25) is 0 Å². The molecule has 0 aliphatic carbocycles. The van der Waals surface area contributed by atoms with Gasteiger partial charge >= 0.3 is 0 Å². The summed E-state index contributed by atoms with van der Waals surface area (Å²) in [5, 5.41) is 3.02. The molecule has 0 saturated heterocycles. The summed E-state index contributed by atoms with van der Waals surface area (Å²) in [6.45, 7) is 1.97. The van der Waals surface area contributed by atoms with Gasteiger partial charge < -0.3 is 10.1 Å². The first-order chi connectivity index (χ1) is 11.0. The minimum absolute atomic E-state index is 0.0693. The van der Waals surface area contributed by atoms with E-state index in [9.17, 15) is 4.79 Å². The van der Waals surface area contributed by atoms with E-state index in [-0.39, 0.29) is 11.9 Å². The monoisotopic (exact) mass is 393 g/mol. The number of hydrogen-bond acceptors (Lipinski definition) is 3. The van der Waals surface area contributed by atoms with Crippen molar-refractivity contribution in [3.05, 3.63) is 63.6 Å². The van der Waals surface area contributed by atoms with E-state index < -0.39 is 0 Å². The summed E-state index contributed by atoms with van der Waals surface area (Å²) >= 11 is 5.24. The minimum Gasteiger partial charge on any atom is -0.496 e. The number of rotatable bonds is 6. The predicted octanol–water partition coefficient (Wildman–Crippen LogP) is 4.81. The average molecular weight is 394 g/mol. The van der Waals surface area contributed by atoms with Crippen molar-refractivity contribution in [2.45, 2.75) is 18.7 Å². The third-order valence-corrected chi connectivity index (χ3v) is 4.79. The average Bonchev–Trinajstić information content (AvgIpc) is 2.55. The summed E-state index contributed by atoms with van der Waals surface area (Å²) in [7, 11) is 1.63. The van der Waals surface area contributed by atoms with Crippen LogP contribution in [0.15, 0.2) is 46.9 Å². The van der Waals surface area contributed by atoms with Gasteiger partial charge in [-0.25, -0.2) is 0 Å². The molecule has 1 atom stereocenters. The third-order valence-electron chi connectivity index (χ3n) is 3.55. The van der Waals surface area contributed by atoms with Crippen LogP contribution in [0.2, 0.25) is 0 Å². The molecular weight excluding hydrogens is 374 g/mol. The Morgan fingerprint density at radius 2 is 1.96 bits per heavy atom. The van der Waals surface area contributed by atoms with Gasteiger partial charge in [-0.15, -0.1) is 0 Å². The van der Waals surface area contributed by atoms with Crippen molar-refractivity contribution in [1.29, 1.82) is 0 Å². The highest BCUT2D eigenvalue weighted by molar-refractivity contribution is 9.10. The Morgan fingerprint density at radius 1 is 1.26 bits per heavy atom. The maximum Gasteiger partial charge on any atom is 0.251 e. The molecule has 0 aliphatic heterocycles. The fourth-order valence-corrected chi connectivity index (χ4v) is 3.32. The standard InChI is InChI=1S/C18H20BrNO2S/c1-12(15-8-9-17(22-2)16(19)10-15)20-18(21)14-6-4-13(5-7-14)11-23-3/h4-10,12H,11H2,1-3H3,(H,20,21)/t12-/m1/s1. The molecule has 0 aromatic heterocycles. The molecule has 0 heterocycles. The minimum atomic E-state index is -0.0874. The van der Waals surface area contributed by atoms with Crippen molar-refractivity contribution in [2.24, 2.45) is 0 Å². The number of nitrogens with one attached hydrogen (secondary N) is 1. The Balaban J connectivity index is 2.05. The molecule has 23 heavy (non-hydrogen) atoms. The molecule has 0 spiro atoms. The SMILES string of the molecule is COc1ccc([C@@H](C)NC(=O)c2ccc(CSC)cc2)cc1Br. The van der Waals surface area contributed by atoms with Crippen molar-refractivity contribution in [3.63, 3.8) is 0 Å². The number of carbonyl (C=O) groups excluding carboxylic acids is 1. The van der Waals surface area contributed by atoms with Crippen LogP contribution >= 0.6 is 27.7 Å². The highest BCUT2D eigenvalue weighted by Gasteiger charge is 2.13. The molecule has 122 valence electrons. The van der Waals surface area contributed by atoms with Crippen molar-refractivity contribution < 1.29 is 9.53 Å². The molecule has 0 fully saturated rings. The van der Waals surface area contributed by atoms with Crippen LogP contribution in [0.5, 0.6) is 5.75 Å². The zero-order valence-electron chi connectivity index (χ0n) is 13.4. The van der Waals surface area contributed by atoms with Gasteiger partial charge in [-0.2, -0.15) is 11.8 Å². The van der Waals surface area contributed by atoms with Crippen LogP contribution in [0.3, 0.4) is 0 Å². The van der Waals surface area contributed by atoms with Gasteiger partial charge in [-0.05, 0) is 64.5 Å². The van der Waals surface area contributed by atoms with E-state index in [2.05, 4.69) is 27.5 Å². The lowest BCUT2D eigenvalue weighted by molar-refractivity contribution is 0.0940. The predicted molar refractivity (Wildman–Crippen MR) is 100 cm³/mol. The first-order valence-electron chi connectivity index (χ1n) is 7.27. The Bertz CT molecular complexity index is 673. The number of ether oxygens (including phenoxy) is 1. The highest BCUT2D eigenvalue weighted by atomic mass is 79.9. The highest BCUT2D eigenvalue weighted by Crippen LogP contribution is 2.28. The lowest BCUT2D eigenvalue weighted by Crippen LogP contribution is -2.26. The molecule has 0 saturated carbocycles. The van der Waals surface area contributed by atoms with Crippen LogP contribution < -0.4 is 10.1 Å². The Labute approximate surface area is 149 Å². The van der Waals surface area contributed by atoms with E-state index in [1.807, 2.05) is 49.4 Å². The third kappa shape index (κ3) is 4.75. The molecule has 2 rings (SSSR count). The Kier molecular flexibility index (Phi) is 6.54. The largest absolute Gasteiger partial charge is 0.496 e. The van der Waals surface area contributed by atoms with Crippen LogP contribution in [0.4, 0.5) is 0 Å². The molecule has 0 aliphatic rings. The molecule has 0 unspecified atom stereocenters. The Hall–Kier alpha value is -1.46. The van der Waals surface area contributed by atoms with Crippen molar-refractivity contribution in [1.82, 2.24) is 5.32 Å². The number of carbonyl (C=O) groups is 1. The summed E-state index contributed by atoms with van der Waals surface area (Å²) in [4.78, 5) is 12.4. The number of hydrogen-bond donors (Lipinski definition) is 1. The van der Waals surface area contributed by atoms with E-state index in [0.29, 0.717) is 5.56 Å². The van der Waals surface area contributed by atoms with Gasteiger partial charge in [-0.1, -0.05) is 18.2 Å². The van der Waals surface area contributed by atoms with Crippen LogP contribution in [0.25, 0.3) is 0 Å². The number of benzene rings is 2. The smallest absolute Gasteiger partial charge is 0.251 e. The zero-order chi connectivity index (χ0) is 16.8. The van der Waals surface area contributed by atoms with Gasteiger partial charge in [0.25, 0.3) is 5.91 Å². The van der Waals surface area contributed by atoms with Gasteiger partial charge in [0.05, 0.1) is 17.6 Å². The topological polar surface area (TPSA) is 38.3 Å². The second-order valence-electron chi connectivity index (χ2n) is 5.22. The van der Waals surface area contributed by atoms with Gasteiger partial charge in [0.15, 0.2) is 0 Å². The van der Waals surface area contributed by atoms with Crippen LogP contribution in [-0.2, 0) is 5.75 Å². The number of amides is 1. The van der Waals surface area contributed by atoms with Gasteiger partial charge in [0.1, 0.15) is 5.75 Å².